The summed E-state index contributed by atoms with van der Waals surface area (Å²) in [5.41, 5.74) is 1.63. The van der Waals surface area contributed by atoms with Crippen LogP contribution in [-0.4, -0.2) is 23.2 Å². The Labute approximate surface area is 126 Å². The predicted molar refractivity (Wildman–Crippen MR) is 78.5 cm³/mol. The van der Waals surface area contributed by atoms with Crippen molar-refractivity contribution in [2.45, 2.75) is 10.8 Å². The van der Waals surface area contributed by atoms with Crippen molar-refractivity contribution in [3.63, 3.8) is 0 Å². The number of methoxy groups -OCH3 is 1. The third-order valence-electron chi connectivity index (χ3n) is 2.75. The minimum absolute atomic E-state index is 0.208. The quantitative estimate of drug-likeness (QED) is 0.855. The molecule has 0 bridgehead atoms. The van der Waals surface area contributed by atoms with Crippen molar-refractivity contribution >= 4 is 17.7 Å². The zero-order chi connectivity index (χ0) is 15.2. The first-order valence-corrected chi connectivity index (χ1v) is 7.01. The highest BCUT2D eigenvalue weighted by Crippen LogP contribution is 2.25. The summed E-state index contributed by atoms with van der Waals surface area (Å²) in [6, 6.07) is 10.4. The van der Waals surface area contributed by atoms with Crippen molar-refractivity contribution in [2.24, 2.45) is 0 Å². The van der Waals surface area contributed by atoms with Crippen LogP contribution in [0.25, 0.3) is 0 Å². The van der Waals surface area contributed by atoms with Gasteiger partial charge in [-0.25, -0.2) is 9.78 Å². The molecule has 5 nitrogen and oxygen atoms in total. The molecule has 2 rings (SSSR count). The summed E-state index contributed by atoms with van der Waals surface area (Å²) in [6.07, 6.45) is 1.47. The molecule has 0 spiro atoms. The normalized spacial score (nSPS) is 9.90. The van der Waals surface area contributed by atoms with Crippen LogP contribution < -0.4 is 4.74 Å². The second kappa shape index (κ2) is 6.77. The Balaban J connectivity index is 2.11. The van der Waals surface area contributed by atoms with Crippen LogP contribution in [0.3, 0.4) is 0 Å². The van der Waals surface area contributed by atoms with Gasteiger partial charge in [0.05, 0.1) is 23.3 Å². The summed E-state index contributed by atoms with van der Waals surface area (Å²) in [5.74, 6) is 0.155. The Bertz CT molecular complexity index is 710. The van der Waals surface area contributed by atoms with Crippen molar-refractivity contribution < 1.29 is 14.6 Å². The fraction of sp³-hybridized carbons (Fsp3) is 0.133. The number of pyridine rings is 1. The third kappa shape index (κ3) is 3.74. The van der Waals surface area contributed by atoms with Gasteiger partial charge in [0.25, 0.3) is 0 Å². The maximum absolute atomic E-state index is 10.9. The zero-order valence-corrected chi connectivity index (χ0v) is 12.1. The molecule has 2 aromatic rings. The summed E-state index contributed by atoms with van der Waals surface area (Å²) >= 11 is 1.41. The van der Waals surface area contributed by atoms with Crippen LogP contribution in [0.2, 0.25) is 0 Å². The molecule has 21 heavy (non-hydrogen) atoms. The predicted octanol–water partition coefficient (Wildman–Crippen LogP) is 2.95. The first-order chi connectivity index (χ1) is 10.1. The lowest BCUT2D eigenvalue weighted by atomic mass is 10.1. The van der Waals surface area contributed by atoms with E-state index >= 15 is 0 Å². The van der Waals surface area contributed by atoms with E-state index in [1.165, 1.54) is 37.2 Å². The summed E-state index contributed by atoms with van der Waals surface area (Å²) in [7, 11) is 1.52. The maximum atomic E-state index is 10.9. The van der Waals surface area contributed by atoms with Gasteiger partial charge in [-0.2, -0.15) is 5.26 Å². The van der Waals surface area contributed by atoms with E-state index in [0.717, 1.165) is 5.56 Å². The van der Waals surface area contributed by atoms with Gasteiger partial charge in [-0.05, 0) is 29.8 Å². The highest BCUT2D eigenvalue weighted by Gasteiger charge is 2.07. The second-order valence-electron chi connectivity index (χ2n) is 4.12. The monoisotopic (exact) mass is 300 g/mol. The Morgan fingerprint density at radius 2 is 2.24 bits per heavy atom. The number of hydrogen-bond acceptors (Lipinski definition) is 5. The molecular formula is C15H12N2O3S. The van der Waals surface area contributed by atoms with Gasteiger partial charge in [0.1, 0.15) is 11.8 Å². The number of carboxylic acids is 1. The van der Waals surface area contributed by atoms with E-state index in [1.54, 1.807) is 12.1 Å². The fourth-order valence-electron chi connectivity index (χ4n) is 1.71. The smallest absolute Gasteiger partial charge is 0.335 e. The molecule has 1 aromatic carbocycles. The number of hydrogen-bond donors (Lipinski definition) is 1. The Kier molecular flexibility index (Phi) is 4.80. The molecule has 1 heterocycles. The number of benzene rings is 1. The Morgan fingerprint density at radius 3 is 2.90 bits per heavy atom. The van der Waals surface area contributed by atoms with Crippen molar-refractivity contribution in [2.75, 3.05) is 7.11 Å². The van der Waals surface area contributed by atoms with Crippen LogP contribution in [-0.2, 0) is 5.75 Å². The molecule has 0 atom stereocenters. The summed E-state index contributed by atoms with van der Waals surface area (Å²) < 4.78 is 5.09. The summed E-state index contributed by atoms with van der Waals surface area (Å²) in [4.78, 5) is 15.0. The number of carbonyl (C=O) groups is 1. The minimum atomic E-state index is -0.976. The van der Waals surface area contributed by atoms with Crippen LogP contribution >= 0.6 is 11.8 Å². The van der Waals surface area contributed by atoms with Crippen LogP contribution in [0.4, 0.5) is 0 Å². The van der Waals surface area contributed by atoms with Crippen molar-refractivity contribution in [1.82, 2.24) is 4.98 Å². The van der Waals surface area contributed by atoms with Crippen LogP contribution in [0.15, 0.2) is 41.6 Å². The van der Waals surface area contributed by atoms with E-state index < -0.39 is 5.97 Å². The molecule has 106 valence electrons. The van der Waals surface area contributed by atoms with Gasteiger partial charge in [0.2, 0.25) is 0 Å². The molecular weight excluding hydrogens is 288 g/mol. The van der Waals surface area contributed by atoms with Gasteiger partial charge >= 0.3 is 5.97 Å². The first-order valence-electron chi connectivity index (χ1n) is 6.03. The topological polar surface area (TPSA) is 83.2 Å². The number of thioether (sulfide) groups is 1. The number of ether oxygens (including phenoxy) is 1. The average molecular weight is 300 g/mol. The molecule has 0 saturated heterocycles. The molecule has 0 unspecified atom stereocenters. The van der Waals surface area contributed by atoms with Gasteiger partial charge in [0, 0.05) is 11.9 Å². The van der Waals surface area contributed by atoms with Gasteiger partial charge < -0.3 is 9.84 Å². The second-order valence-corrected chi connectivity index (χ2v) is 5.12. The molecule has 0 aliphatic rings. The maximum Gasteiger partial charge on any atom is 0.335 e. The standard InChI is InChI=1S/C15H12N2O3S/c1-20-13-3-2-10(6-12(13)8-16)9-21-14-7-11(15(18)19)4-5-17-14/h2-7H,9H2,1H3,(H,18,19). The SMILES string of the molecule is COc1ccc(CSc2cc(C(=O)O)ccn2)cc1C#N. The lowest BCUT2D eigenvalue weighted by molar-refractivity contribution is 0.0696. The lowest BCUT2D eigenvalue weighted by Crippen LogP contribution is -1.97. The zero-order valence-electron chi connectivity index (χ0n) is 11.2. The van der Waals surface area contributed by atoms with Gasteiger partial charge in [0.15, 0.2) is 0 Å². The van der Waals surface area contributed by atoms with Crippen molar-refractivity contribution in [1.29, 1.82) is 5.26 Å². The molecule has 0 aliphatic carbocycles. The van der Waals surface area contributed by atoms with Gasteiger partial charge in [-0.1, -0.05) is 6.07 Å². The van der Waals surface area contributed by atoms with E-state index in [9.17, 15) is 4.79 Å². The molecule has 6 heteroatoms. The van der Waals surface area contributed by atoms with E-state index in [2.05, 4.69) is 11.1 Å². The third-order valence-corrected chi connectivity index (χ3v) is 3.75. The van der Waals surface area contributed by atoms with Gasteiger partial charge in [-0.3, -0.25) is 0 Å². The van der Waals surface area contributed by atoms with Gasteiger partial charge in [-0.15, -0.1) is 11.8 Å². The fourth-order valence-corrected chi connectivity index (χ4v) is 2.55. The van der Waals surface area contributed by atoms with E-state index in [-0.39, 0.29) is 5.56 Å². The Morgan fingerprint density at radius 1 is 1.43 bits per heavy atom. The molecule has 0 fully saturated rings. The Hall–Kier alpha value is -2.52. The number of rotatable bonds is 5. The minimum Gasteiger partial charge on any atom is -0.495 e. The highest BCUT2D eigenvalue weighted by molar-refractivity contribution is 7.98. The highest BCUT2D eigenvalue weighted by atomic mass is 32.2. The average Bonchev–Trinajstić information content (AvgIpc) is 2.52. The number of nitriles is 1. The number of aromatic carboxylic acids is 1. The number of nitrogens with zero attached hydrogens (tertiary/aromatic N) is 2. The molecule has 0 amide bonds. The molecule has 0 aliphatic heterocycles. The number of aromatic nitrogens is 1. The summed E-state index contributed by atoms with van der Waals surface area (Å²) in [5, 5.41) is 18.6. The largest absolute Gasteiger partial charge is 0.495 e. The van der Waals surface area contributed by atoms with Crippen molar-refractivity contribution in [3.8, 4) is 11.8 Å². The summed E-state index contributed by atoms with van der Waals surface area (Å²) in [6.45, 7) is 0. The van der Waals surface area contributed by atoms with Crippen LogP contribution in [0.5, 0.6) is 5.75 Å². The number of carboxylic acid groups (broad SMARTS) is 1. The molecule has 1 N–H and O–H groups in total. The molecule has 0 saturated carbocycles. The van der Waals surface area contributed by atoms with E-state index in [0.29, 0.717) is 22.1 Å². The van der Waals surface area contributed by atoms with Crippen LogP contribution in [0, 0.1) is 11.3 Å². The lowest BCUT2D eigenvalue weighted by Gasteiger charge is -2.06. The molecule has 1 aromatic heterocycles. The first kappa shape index (κ1) is 14.9. The molecule has 0 radical (unpaired) electrons. The van der Waals surface area contributed by atoms with E-state index in [4.69, 9.17) is 15.1 Å². The van der Waals surface area contributed by atoms with E-state index in [1.807, 2.05) is 6.07 Å². The van der Waals surface area contributed by atoms with Crippen molar-refractivity contribution in [3.05, 3.63) is 53.2 Å². The van der Waals surface area contributed by atoms with Crippen LogP contribution in [0.1, 0.15) is 21.5 Å².